The third kappa shape index (κ3) is 3.90. The summed E-state index contributed by atoms with van der Waals surface area (Å²) < 4.78 is 24.1. The first-order valence-corrected chi connectivity index (χ1v) is 5.90. The summed E-state index contributed by atoms with van der Waals surface area (Å²) in [5.74, 6) is -3.06. The summed E-state index contributed by atoms with van der Waals surface area (Å²) in [7, 11) is 0. The number of hydrogen-bond acceptors (Lipinski definition) is 3. The van der Waals surface area contributed by atoms with Crippen LogP contribution in [0.25, 0.3) is 0 Å². The summed E-state index contributed by atoms with van der Waals surface area (Å²) in [5.41, 5.74) is 0. The topological polar surface area (TPSA) is 86.6 Å². The van der Waals surface area contributed by atoms with E-state index in [1.165, 1.54) is 0 Å². The molecule has 1 saturated carbocycles. The van der Waals surface area contributed by atoms with Gasteiger partial charge in [0.05, 0.1) is 11.8 Å². The van der Waals surface area contributed by atoms with Gasteiger partial charge in [-0.2, -0.15) is 0 Å². The third-order valence-corrected chi connectivity index (χ3v) is 3.20. The van der Waals surface area contributed by atoms with E-state index in [4.69, 9.17) is 10.2 Å². The van der Waals surface area contributed by atoms with Gasteiger partial charge in [-0.15, -0.1) is 0 Å². The van der Waals surface area contributed by atoms with Crippen molar-refractivity contribution >= 4 is 11.9 Å². The standard InChI is InChI=1S/C11H17F2NO4/c12-9(13)8(15)5-14-10(16)6-3-1-2-4-7(6)11(17)18/h6-9,15H,1-5H2,(H,14,16)(H,17,18). The molecule has 0 radical (unpaired) electrons. The zero-order valence-corrected chi connectivity index (χ0v) is 9.81. The molecule has 104 valence electrons. The molecular formula is C11H17F2NO4. The van der Waals surface area contributed by atoms with Gasteiger partial charge in [-0.3, -0.25) is 9.59 Å². The molecule has 0 aromatic carbocycles. The molecular weight excluding hydrogens is 248 g/mol. The lowest BCUT2D eigenvalue weighted by Gasteiger charge is -2.27. The number of amides is 1. The fourth-order valence-electron chi connectivity index (χ4n) is 2.17. The van der Waals surface area contributed by atoms with E-state index in [0.717, 1.165) is 12.8 Å². The molecule has 0 aliphatic heterocycles. The Morgan fingerprint density at radius 1 is 1.22 bits per heavy atom. The van der Waals surface area contributed by atoms with Crippen LogP contribution in [0, 0.1) is 11.8 Å². The number of aliphatic hydroxyl groups is 1. The van der Waals surface area contributed by atoms with Crippen LogP contribution in [0.2, 0.25) is 0 Å². The zero-order valence-electron chi connectivity index (χ0n) is 9.81. The lowest BCUT2D eigenvalue weighted by atomic mass is 9.78. The van der Waals surface area contributed by atoms with Gasteiger partial charge >= 0.3 is 5.97 Å². The zero-order chi connectivity index (χ0) is 13.7. The highest BCUT2D eigenvalue weighted by Crippen LogP contribution is 2.30. The Hall–Kier alpha value is -1.24. The Balaban J connectivity index is 2.51. The number of carboxylic acid groups (broad SMARTS) is 1. The van der Waals surface area contributed by atoms with E-state index in [9.17, 15) is 18.4 Å². The fraction of sp³-hybridized carbons (Fsp3) is 0.818. The number of nitrogens with one attached hydrogen (secondary N) is 1. The first kappa shape index (κ1) is 14.8. The predicted molar refractivity (Wildman–Crippen MR) is 58.1 cm³/mol. The molecule has 0 aromatic rings. The second-order valence-corrected chi connectivity index (χ2v) is 4.48. The summed E-state index contributed by atoms with van der Waals surface area (Å²) >= 11 is 0. The number of carbonyl (C=O) groups excluding carboxylic acids is 1. The Labute approximate surface area is 103 Å². The molecule has 0 aromatic heterocycles. The number of aliphatic carboxylic acids is 1. The van der Waals surface area contributed by atoms with Crippen molar-refractivity contribution in [3.63, 3.8) is 0 Å². The Bertz CT molecular complexity index is 311. The van der Waals surface area contributed by atoms with E-state index >= 15 is 0 Å². The number of carboxylic acids is 1. The van der Waals surface area contributed by atoms with E-state index in [1.54, 1.807) is 0 Å². The van der Waals surface area contributed by atoms with Crippen molar-refractivity contribution in [1.82, 2.24) is 5.32 Å². The summed E-state index contributed by atoms with van der Waals surface area (Å²) in [4.78, 5) is 22.7. The van der Waals surface area contributed by atoms with Gasteiger partial charge in [-0.1, -0.05) is 12.8 Å². The minimum absolute atomic E-state index is 0.421. The van der Waals surface area contributed by atoms with Crippen molar-refractivity contribution in [2.75, 3.05) is 6.54 Å². The highest BCUT2D eigenvalue weighted by molar-refractivity contribution is 5.84. The SMILES string of the molecule is O=C(O)C1CCCCC1C(=O)NCC(O)C(F)F. The van der Waals surface area contributed by atoms with Crippen LogP contribution >= 0.6 is 0 Å². The van der Waals surface area contributed by atoms with Crippen LogP contribution in [0.3, 0.4) is 0 Å². The summed E-state index contributed by atoms with van der Waals surface area (Å²) in [6, 6.07) is 0. The molecule has 1 amide bonds. The Morgan fingerprint density at radius 2 is 1.78 bits per heavy atom. The molecule has 5 nitrogen and oxygen atoms in total. The third-order valence-electron chi connectivity index (χ3n) is 3.20. The molecule has 7 heteroatoms. The second kappa shape index (κ2) is 6.63. The monoisotopic (exact) mass is 265 g/mol. The van der Waals surface area contributed by atoms with Gasteiger partial charge in [0.25, 0.3) is 6.43 Å². The van der Waals surface area contributed by atoms with E-state index in [1.807, 2.05) is 0 Å². The molecule has 0 saturated heterocycles. The maximum atomic E-state index is 12.0. The molecule has 3 unspecified atom stereocenters. The molecule has 18 heavy (non-hydrogen) atoms. The number of aliphatic hydroxyl groups excluding tert-OH is 1. The van der Waals surface area contributed by atoms with Crippen molar-refractivity contribution in [3.8, 4) is 0 Å². The number of halogens is 2. The summed E-state index contributed by atoms with van der Waals surface area (Å²) in [6.45, 7) is -0.556. The molecule has 1 rings (SSSR count). The maximum Gasteiger partial charge on any atom is 0.307 e. The van der Waals surface area contributed by atoms with Crippen LogP contribution in [-0.2, 0) is 9.59 Å². The largest absolute Gasteiger partial charge is 0.481 e. The lowest BCUT2D eigenvalue weighted by molar-refractivity contribution is -0.149. The fourth-order valence-corrected chi connectivity index (χ4v) is 2.17. The average molecular weight is 265 g/mol. The minimum Gasteiger partial charge on any atom is -0.481 e. The van der Waals surface area contributed by atoms with Crippen molar-refractivity contribution in [2.45, 2.75) is 38.2 Å². The van der Waals surface area contributed by atoms with Crippen LogP contribution in [0.15, 0.2) is 0 Å². The first-order chi connectivity index (χ1) is 8.43. The van der Waals surface area contributed by atoms with E-state index < -0.39 is 42.8 Å². The van der Waals surface area contributed by atoms with Crippen molar-refractivity contribution in [2.24, 2.45) is 11.8 Å². The van der Waals surface area contributed by atoms with Crippen LogP contribution in [-0.4, -0.2) is 41.2 Å². The first-order valence-electron chi connectivity index (χ1n) is 5.90. The number of rotatable bonds is 5. The number of hydrogen-bond donors (Lipinski definition) is 3. The number of carbonyl (C=O) groups is 2. The van der Waals surface area contributed by atoms with Crippen LogP contribution < -0.4 is 5.32 Å². The van der Waals surface area contributed by atoms with E-state index in [0.29, 0.717) is 12.8 Å². The molecule has 1 aliphatic rings. The maximum absolute atomic E-state index is 12.0. The average Bonchev–Trinajstić information content (AvgIpc) is 2.35. The van der Waals surface area contributed by atoms with Gasteiger partial charge in [0.15, 0.2) is 0 Å². The van der Waals surface area contributed by atoms with E-state index in [2.05, 4.69) is 5.32 Å². The van der Waals surface area contributed by atoms with Crippen molar-refractivity contribution in [3.05, 3.63) is 0 Å². The van der Waals surface area contributed by atoms with Gasteiger partial charge in [0.2, 0.25) is 5.91 Å². The summed E-state index contributed by atoms with van der Waals surface area (Å²) in [5, 5.41) is 20.0. The molecule has 0 spiro atoms. The Morgan fingerprint density at radius 3 is 2.28 bits per heavy atom. The Kier molecular flexibility index (Phi) is 5.46. The van der Waals surface area contributed by atoms with E-state index in [-0.39, 0.29) is 0 Å². The minimum atomic E-state index is -2.92. The van der Waals surface area contributed by atoms with Gasteiger partial charge < -0.3 is 15.5 Å². The van der Waals surface area contributed by atoms with Gasteiger partial charge in [0.1, 0.15) is 6.10 Å². The van der Waals surface area contributed by atoms with Gasteiger partial charge in [-0.25, -0.2) is 8.78 Å². The van der Waals surface area contributed by atoms with Crippen LogP contribution in [0.4, 0.5) is 8.78 Å². The van der Waals surface area contributed by atoms with Crippen LogP contribution in [0.5, 0.6) is 0 Å². The molecule has 3 atom stereocenters. The van der Waals surface area contributed by atoms with Crippen LogP contribution in [0.1, 0.15) is 25.7 Å². The van der Waals surface area contributed by atoms with Gasteiger partial charge in [-0.05, 0) is 12.8 Å². The predicted octanol–water partition coefficient (Wildman–Crippen LogP) is 0.620. The molecule has 1 fully saturated rings. The van der Waals surface area contributed by atoms with Crippen molar-refractivity contribution < 1.29 is 28.6 Å². The van der Waals surface area contributed by atoms with Crippen molar-refractivity contribution in [1.29, 1.82) is 0 Å². The summed E-state index contributed by atoms with van der Waals surface area (Å²) in [6.07, 6.45) is -2.48. The smallest absolute Gasteiger partial charge is 0.307 e. The second-order valence-electron chi connectivity index (χ2n) is 4.48. The molecule has 1 aliphatic carbocycles. The quantitative estimate of drug-likeness (QED) is 0.680. The molecule has 0 heterocycles. The molecule has 3 N–H and O–H groups in total. The molecule has 0 bridgehead atoms. The normalized spacial score (nSPS) is 25.8. The highest BCUT2D eigenvalue weighted by Gasteiger charge is 2.35. The number of alkyl halides is 2. The lowest BCUT2D eigenvalue weighted by Crippen LogP contribution is -2.43. The van der Waals surface area contributed by atoms with Gasteiger partial charge in [0, 0.05) is 6.54 Å². The highest BCUT2D eigenvalue weighted by atomic mass is 19.3.